The Bertz CT molecular complexity index is 1530. The van der Waals surface area contributed by atoms with Crippen molar-refractivity contribution in [2.24, 2.45) is 5.16 Å². The van der Waals surface area contributed by atoms with Crippen LogP contribution >= 0.6 is 34.7 Å². The summed E-state index contributed by atoms with van der Waals surface area (Å²) >= 11 is 8.22. The number of thioether (sulfide) groups is 1. The summed E-state index contributed by atoms with van der Waals surface area (Å²) in [5.74, 6) is -4.38. The summed E-state index contributed by atoms with van der Waals surface area (Å²) in [7, 11) is 1.82. The van der Waals surface area contributed by atoms with Crippen LogP contribution in [-0.4, -0.2) is 93.0 Å². The number of amides is 2. The molecule has 2 aromatic heterocycles. The van der Waals surface area contributed by atoms with Gasteiger partial charge in [0, 0.05) is 30.5 Å². The quantitative estimate of drug-likeness (QED) is 0.0424. The van der Waals surface area contributed by atoms with Gasteiger partial charge in [-0.15, -0.1) is 11.8 Å². The topological polar surface area (TPSA) is 236 Å². The molecule has 0 aliphatic carbocycles. The summed E-state index contributed by atoms with van der Waals surface area (Å²) in [6.07, 6.45) is 1.99. The highest BCUT2D eigenvalue weighted by Crippen LogP contribution is 2.40. The van der Waals surface area contributed by atoms with Crippen LogP contribution in [0.2, 0.25) is 4.34 Å². The van der Waals surface area contributed by atoms with Crippen molar-refractivity contribution in [2.45, 2.75) is 37.6 Å². The number of pyridine rings is 1. The van der Waals surface area contributed by atoms with Gasteiger partial charge in [-0.3, -0.25) is 14.5 Å². The van der Waals surface area contributed by atoms with Crippen LogP contribution in [0.5, 0.6) is 0 Å². The van der Waals surface area contributed by atoms with Crippen LogP contribution in [0.3, 0.4) is 0 Å². The van der Waals surface area contributed by atoms with E-state index in [1.165, 1.54) is 18.7 Å². The molecule has 2 aliphatic heterocycles. The van der Waals surface area contributed by atoms with Crippen molar-refractivity contribution in [1.82, 2.24) is 20.5 Å². The van der Waals surface area contributed by atoms with Crippen LogP contribution in [0.4, 0.5) is 10.8 Å². The normalized spacial score (nSPS) is 18.8. The minimum absolute atomic E-state index is 0.00505. The number of anilines is 2. The molecule has 0 radical (unpaired) electrons. The molecule has 7 N–H and O–H groups in total. The average molecular weight is 669 g/mol. The number of nitrogens with zero attached hydrogens (tertiary/aromatic N) is 4. The van der Waals surface area contributed by atoms with Gasteiger partial charge in [-0.05, 0) is 14.0 Å². The molecule has 0 saturated carbocycles. The van der Waals surface area contributed by atoms with E-state index >= 15 is 0 Å². The molecule has 19 heteroatoms. The van der Waals surface area contributed by atoms with Crippen molar-refractivity contribution in [2.75, 3.05) is 36.9 Å². The molecule has 1 saturated heterocycles. The Kier molecular flexibility index (Phi) is 10.6. The number of aliphatic hydroxyl groups excluding tert-OH is 1. The Morgan fingerprint density at radius 2 is 2.14 bits per heavy atom. The third-order valence-electron chi connectivity index (χ3n) is 6.55. The third kappa shape index (κ3) is 7.05. The number of carbonyl (C=O) groups is 4. The van der Waals surface area contributed by atoms with E-state index in [9.17, 15) is 29.4 Å². The van der Waals surface area contributed by atoms with Crippen LogP contribution in [0.15, 0.2) is 34.9 Å². The molecule has 2 aromatic rings. The van der Waals surface area contributed by atoms with Gasteiger partial charge in [0.25, 0.3) is 11.8 Å². The van der Waals surface area contributed by atoms with E-state index in [1.807, 2.05) is 7.05 Å². The first-order valence-electron chi connectivity index (χ1n) is 13.1. The molecule has 2 amide bonds. The van der Waals surface area contributed by atoms with Gasteiger partial charge in [-0.1, -0.05) is 28.1 Å². The second-order valence-electron chi connectivity index (χ2n) is 9.55. The Balaban J connectivity index is 1.53. The van der Waals surface area contributed by atoms with E-state index in [2.05, 4.69) is 26.1 Å². The number of β-lactam (4-membered cyclic amide) rings is 1. The number of carboxylic acids is 2. The van der Waals surface area contributed by atoms with E-state index in [0.717, 1.165) is 21.9 Å². The van der Waals surface area contributed by atoms with Crippen LogP contribution in [0.25, 0.3) is 0 Å². The van der Waals surface area contributed by atoms with Gasteiger partial charge < -0.3 is 46.6 Å². The fourth-order valence-corrected chi connectivity index (χ4v) is 6.63. The molecule has 0 spiro atoms. The second-order valence-corrected chi connectivity index (χ2v) is 12.3. The van der Waals surface area contributed by atoms with Crippen molar-refractivity contribution in [3.63, 3.8) is 0 Å². The largest absolute Gasteiger partial charge is 0.543 e. The molecule has 4 rings (SSSR count). The van der Waals surface area contributed by atoms with E-state index < -0.39 is 47.0 Å². The van der Waals surface area contributed by atoms with Crippen molar-refractivity contribution in [1.29, 1.82) is 0 Å². The highest BCUT2D eigenvalue weighted by Gasteiger charge is 2.53. The molecule has 1 fully saturated rings. The number of hydrogen-bond acceptors (Lipinski definition) is 14. The van der Waals surface area contributed by atoms with Gasteiger partial charge >= 0.3 is 5.97 Å². The first-order valence-corrected chi connectivity index (χ1v) is 15.3. The molecular formula is C25H29ClN8O8S2. The van der Waals surface area contributed by atoms with Gasteiger partial charge in [0.15, 0.2) is 29.8 Å². The number of fused-ring (bicyclic) bond motifs is 1. The predicted molar refractivity (Wildman–Crippen MR) is 158 cm³/mol. The predicted octanol–water partition coefficient (Wildman–Crippen LogP) is -1.91. The maximum Gasteiger partial charge on any atom is 0.347 e. The number of nitrogens with two attached hydrogens (primary N) is 1. The van der Waals surface area contributed by atoms with Gasteiger partial charge in [-0.2, -0.15) is 0 Å². The Morgan fingerprint density at radius 3 is 2.75 bits per heavy atom. The number of aromatic nitrogens is 2. The lowest BCUT2D eigenvalue weighted by Gasteiger charge is -2.50. The Morgan fingerprint density at radius 1 is 1.39 bits per heavy atom. The number of nitrogen functional groups attached to an aromatic ring is 1. The van der Waals surface area contributed by atoms with E-state index in [4.69, 9.17) is 27.3 Å². The summed E-state index contributed by atoms with van der Waals surface area (Å²) in [5.41, 5.74) is 6.42. The lowest BCUT2D eigenvalue weighted by Crippen LogP contribution is -2.71. The molecule has 0 aromatic carbocycles. The number of rotatable bonds is 14. The number of carboxylic acid groups (broad SMARTS) is 2. The van der Waals surface area contributed by atoms with Crippen LogP contribution < -0.4 is 31.4 Å². The van der Waals surface area contributed by atoms with Crippen LogP contribution in [0.1, 0.15) is 18.2 Å². The van der Waals surface area contributed by atoms with Crippen molar-refractivity contribution < 1.29 is 43.9 Å². The number of hydrogen-bond donors (Lipinski definition) is 6. The minimum atomic E-state index is -1.56. The number of nitrogens with one attached hydrogen (secondary N) is 3. The smallest absolute Gasteiger partial charge is 0.347 e. The number of aliphatic hydroxyl groups is 1. The second kappa shape index (κ2) is 14.2. The van der Waals surface area contributed by atoms with Gasteiger partial charge in [0.2, 0.25) is 6.10 Å². The monoisotopic (exact) mass is 668 g/mol. The highest BCUT2D eigenvalue weighted by molar-refractivity contribution is 8.00. The molecule has 236 valence electrons. The summed E-state index contributed by atoms with van der Waals surface area (Å²) in [4.78, 5) is 59.8. The molecule has 0 bridgehead atoms. The van der Waals surface area contributed by atoms with Gasteiger partial charge in [-0.25, -0.2) is 14.3 Å². The standard InChI is InChI=1S/C25H29ClN8O8S2/c1-11(23(38)39)42-32-16(15-19(26)44-25(27)31-15)20(36)30-17-21(37)34-18(24(40)41)13(10-43-22(17)34)8-33-6-3-14(12(7-33)9-35)29-5-4-28-2/h3,6-7,11,17,22,28,35H,4-5,8-10H2,1-2H3,(H5,27,30,31,36,38,39,40,41)/b32-16-/t11-,17?,22?/m0/s1. The van der Waals surface area contributed by atoms with Crippen molar-refractivity contribution in [3.8, 4) is 0 Å². The zero-order valence-electron chi connectivity index (χ0n) is 23.4. The minimum Gasteiger partial charge on any atom is -0.543 e. The number of oxime groups is 1. The molecular weight excluding hydrogens is 640 g/mol. The lowest BCUT2D eigenvalue weighted by molar-refractivity contribution is -0.689. The van der Waals surface area contributed by atoms with Crippen molar-refractivity contribution >= 4 is 75.0 Å². The first kappa shape index (κ1) is 32.9. The van der Waals surface area contributed by atoms with Crippen molar-refractivity contribution in [3.05, 3.63) is 45.3 Å². The SMILES string of the molecule is CNCCNc1cc[n+](CC2=C(C(=O)[O-])N3C(=O)C(NC(=O)/C(=N\O[C@@H](C)C(=O)O)c4nc(N)sc4Cl)C3SC2)cc1CO. The van der Waals surface area contributed by atoms with Crippen LogP contribution in [0, 0.1) is 0 Å². The fourth-order valence-electron chi connectivity index (χ4n) is 4.36. The summed E-state index contributed by atoms with van der Waals surface area (Å²) < 4.78 is 1.67. The first-order chi connectivity index (χ1) is 21.0. The number of aliphatic carboxylic acids is 2. The molecule has 3 atom stereocenters. The molecule has 2 unspecified atom stereocenters. The van der Waals surface area contributed by atoms with E-state index in [-0.39, 0.29) is 39.8 Å². The Hall–Kier alpha value is -3.97. The molecule has 4 heterocycles. The van der Waals surface area contributed by atoms with Crippen LogP contribution in [-0.2, 0) is 37.2 Å². The fraction of sp³-hybridized carbons (Fsp3) is 0.400. The summed E-state index contributed by atoms with van der Waals surface area (Å²) in [6, 6.07) is 0.610. The number of carbonyl (C=O) groups excluding carboxylic acids is 3. The summed E-state index contributed by atoms with van der Waals surface area (Å²) in [5, 5.41) is 42.8. The number of thiazole rings is 1. The molecule has 16 nitrogen and oxygen atoms in total. The zero-order valence-corrected chi connectivity index (χ0v) is 25.8. The lowest BCUT2D eigenvalue weighted by atomic mass is 10.0. The average Bonchev–Trinajstić information content (AvgIpc) is 3.32. The van der Waals surface area contributed by atoms with E-state index in [1.54, 1.807) is 23.0 Å². The molecule has 2 aliphatic rings. The third-order valence-corrected chi connectivity index (χ3v) is 8.98. The van der Waals surface area contributed by atoms with Gasteiger partial charge in [0.1, 0.15) is 21.4 Å². The number of likely N-dealkylation sites (N-methyl/N-ethyl adjacent to an activating group) is 1. The molecule has 44 heavy (non-hydrogen) atoms. The summed E-state index contributed by atoms with van der Waals surface area (Å²) in [6.45, 7) is 2.39. The Labute approximate surface area is 263 Å². The maximum absolute atomic E-state index is 13.2. The maximum atomic E-state index is 13.2. The highest BCUT2D eigenvalue weighted by atomic mass is 35.5. The van der Waals surface area contributed by atoms with Gasteiger partial charge in [0.05, 0.1) is 29.5 Å². The zero-order chi connectivity index (χ0) is 32.1. The van der Waals surface area contributed by atoms with E-state index in [0.29, 0.717) is 24.2 Å². The number of halogens is 1.